The molecule has 2 atom stereocenters. The molecule has 0 spiro atoms. The Kier molecular flexibility index (Phi) is 7.31. The normalized spacial score (nSPS) is 25.9. The van der Waals surface area contributed by atoms with Gasteiger partial charge in [-0.05, 0) is 40.0 Å². The number of hydrogen-bond acceptors (Lipinski definition) is 4. The summed E-state index contributed by atoms with van der Waals surface area (Å²) in [6.45, 7) is 6.12. The third-order valence-electron chi connectivity index (χ3n) is 2.84. The van der Waals surface area contributed by atoms with Crippen molar-refractivity contribution in [1.29, 1.82) is 0 Å². The zero-order valence-corrected chi connectivity index (χ0v) is 14.0. The fraction of sp³-hybridized carbons (Fsp3) is 0.786. The van der Waals surface area contributed by atoms with Crippen LogP contribution in [0.5, 0.6) is 0 Å². The van der Waals surface area contributed by atoms with Gasteiger partial charge in [0, 0.05) is 10.5 Å². The van der Waals surface area contributed by atoms with Crippen LogP contribution in [-0.4, -0.2) is 35.0 Å². The van der Waals surface area contributed by atoms with Crippen LogP contribution in [0.2, 0.25) is 0 Å². The SMILES string of the molecule is CCOC(=O)/C=C/CCC[C@@H]1OC(C)(C)O[C@H]1CI. The van der Waals surface area contributed by atoms with E-state index in [1.165, 1.54) is 6.08 Å². The highest BCUT2D eigenvalue weighted by Crippen LogP contribution is 2.31. The molecule has 110 valence electrons. The van der Waals surface area contributed by atoms with Crippen molar-refractivity contribution in [2.24, 2.45) is 0 Å². The molecule has 1 aliphatic heterocycles. The first-order valence-electron chi connectivity index (χ1n) is 6.73. The Morgan fingerprint density at radius 2 is 2.05 bits per heavy atom. The zero-order valence-electron chi connectivity index (χ0n) is 11.9. The third kappa shape index (κ3) is 6.23. The maximum atomic E-state index is 11.1. The summed E-state index contributed by atoms with van der Waals surface area (Å²) in [5.74, 6) is -0.740. The van der Waals surface area contributed by atoms with Gasteiger partial charge in [0.1, 0.15) is 0 Å². The van der Waals surface area contributed by atoms with E-state index in [0.29, 0.717) is 6.61 Å². The Morgan fingerprint density at radius 3 is 2.68 bits per heavy atom. The van der Waals surface area contributed by atoms with Crippen molar-refractivity contribution in [2.45, 2.75) is 58.0 Å². The highest BCUT2D eigenvalue weighted by atomic mass is 127. The molecule has 1 rings (SSSR count). The lowest BCUT2D eigenvalue weighted by molar-refractivity contribution is -0.144. The van der Waals surface area contributed by atoms with Crippen molar-refractivity contribution in [3.63, 3.8) is 0 Å². The first-order valence-corrected chi connectivity index (χ1v) is 8.26. The minimum absolute atomic E-state index is 0.155. The highest BCUT2D eigenvalue weighted by Gasteiger charge is 2.39. The van der Waals surface area contributed by atoms with Crippen LogP contribution in [0.15, 0.2) is 12.2 Å². The van der Waals surface area contributed by atoms with Gasteiger partial charge < -0.3 is 14.2 Å². The lowest BCUT2D eigenvalue weighted by atomic mass is 10.1. The number of carbonyl (C=O) groups excluding carboxylic acids is 1. The van der Waals surface area contributed by atoms with Crippen molar-refractivity contribution < 1.29 is 19.0 Å². The number of unbranched alkanes of at least 4 members (excludes halogenated alkanes) is 1. The lowest BCUT2D eigenvalue weighted by Gasteiger charge is -2.16. The van der Waals surface area contributed by atoms with Gasteiger partial charge in [0.2, 0.25) is 0 Å². The van der Waals surface area contributed by atoms with Gasteiger partial charge in [0.25, 0.3) is 0 Å². The second-order valence-electron chi connectivity index (χ2n) is 4.95. The summed E-state index contributed by atoms with van der Waals surface area (Å²) in [5, 5.41) is 0. The van der Waals surface area contributed by atoms with Gasteiger partial charge in [0.15, 0.2) is 5.79 Å². The molecule has 0 aromatic carbocycles. The van der Waals surface area contributed by atoms with Crippen molar-refractivity contribution >= 4 is 28.6 Å². The highest BCUT2D eigenvalue weighted by molar-refractivity contribution is 14.1. The molecule has 19 heavy (non-hydrogen) atoms. The summed E-state index contributed by atoms with van der Waals surface area (Å²) in [7, 11) is 0. The van der Waals surface area contributed by atoms with Gasteiger partial charge in [-0.1, -0.05) is 28.7 Å². The number of rotatable bonds is 7. The van der Waals surface area contributed by atoms with E-state index >= 15 is 0 Å². The molecule has 4 nitrogen and oxygen atoms in total. The number of ether oxygens (including phenoxy) is 3. The lowest BCUT2D eigenvalue weighted by Crippen LogP contribution is -2.23. The fourth-order valence-electron chi connectivity index (χ4n) is 2.09. The molecular formula is C14H23IO4. The monoisotopic (exact) mass is 382 g/mol. The van der Waals surface area contributed by atoms with E-state index in [0.717, 1.165) is 23.7 Å². The molecule has 0 unspecified atom stereocenters. The van der Waals surface area contributed by atoms with Gasteiger partial charge in [-0.15, -0.1) is 0 Å². The zero-order chi connectivity index (χ0) is 14.3. The Morgan fingerprint density at radius 1 is 1.37 bits per heavy atom. The summed E-state index contributed by atoms with van der Waals surface area (Å²) >= 11 is 2.33. The number of allylic oxidation sites excluding steroid dienone is 1. The molecule has 1 fully saturated rings. The van der Waals surface area contributed by atoms with E-state index in [2.05, 4.69) is 22.6 Å². The molecule has 0 saturated carbocycles. The molecule has 1 heterocycles. The average Bonchev–Trinajstić information content (AvgIpc) is 2.64. The maximum absolute atomic E-state index is 11.1. The fourth-order valence-corrected chi connectivity index (χ4v) is 2.84. The molecule has 0 amide bonds. The molecule has 0 aromatic rings. The summed E-state index contributed by atoms with van der Waals surface area (Å²) in [6, 6.07) is 0. The van der Waals surface area contributed by atoms with Crippen LogP contribution < -0.4 is 0 Å². The smallest absolute Gasteiger partial charge is 0.330 e. The molecule has 1 saturated heterocycles. The predicted octanol–water partition coefficient (Wildman–Crippen LogP) is 3.23. The summed E-state index contributed by atoms with van der Waals surface area (Å²) in [6.07, 6.45) is 6.46. The third-order valence-corrected chi connectivity index (χ3v) is 3.71. The predicted molar refractivity (Wildman–Crippen MR) is 82.3 cm³/mol. The molecule has 0 aromatic heterocycles. The van der Waals surface area contributed by atoms with E-state index < -0.39 is 5.79 Å². The van der Waals surface area contributed by atoms with Crippen molar-refractivity contribution in [3.05, 3.63) is 12.2 Å². The van der Waals surface area contributed by atoms with Crippen molar-refractivity contribution in [3.8, 4) is 0 Å². The molecule has 0 radical (unpaired) electrons. The Bertz CT molecular complexity index is 315. The van der Waals surface area contributed by atoms with Crippen LogP contribution in [0.3, 0.4) is 0 Å². The van der Waals surface area contributed by atoms with Crippen LogP contribution in [0.4, 0.5) is 0 Å². The summed E-state index contributed by atoms with van der Waals surface area (Å²) in [5.41, 5.74) is 0. The number of hydrogen-bond donors (Lipinski definition) is 0. The van der Waals surface area contributed by atoms with Gasteiger partial charge in [-0.3, -0.25) is 0 Å². The Hall–Kier alpha value is -0.140. The van der Waals surface area contributed by atoms with Crippen LogP contribution >= 0.6 is 22.6 Å². The first-order chi connectivity index (χ1) is 8.98. The average molecular weight is 382 g/mol. The number of alkyl halides is 1. The summed E-state index contributed by atoms with van der Waals surface area (Å²) in [4.78, 5) is 11.1. The molecule has 0 bridgehead atoms. The van der Waals surface area contributed by atoms with Crippen molar-refractivity contribution in [2.75, 3.05) is 11.0 Å². The molecular weight excluding hydrogens is 359 g/mol. The van der Waals surface area contributed by atoms with Gasteiger partial charge in [0.05, 0.1) is 18.8 Å². The molecule has 1 aliphatic rings. The largest absolute Gasteiger partial charge is 0.463 e. The van der Waals surface area contributed by atoms with Gasteiger partial charge >= 0.3 is 5.97 Å². The van der Waals surface area contributed by atoms with Crippen molar-refractivity contribution in [1.82, 2.24) is 0 Å². The number of halogens is 1. The first kappa shape index (κ1) is 16.9. The second kappa shape index (κ2) is 8.21. The Balaban J connectivity index is 2.24. The van der Waals surface area contributed by atoms with E-state index in [9.17, 15) is 4.79 Å². The van der Waals surface area contributed by atoms with Crippen LogP contribution in [-0.2, 0) is 19.0 Å². The number of carbonyl (C=O) groups is 1. The van der Waals surface area contributed by atoms with E-state index in [4.69, 9.17) is 14.2 Å². The van der Waals surface area contributed by atoms with Gasteiger partial charge in [-0.25, -0.2) is 4.79 Å². The molecule has 5 heteroatoms. The standard InChI is InChI=1S/C14H23IO4/c1-4-17-13(16)9-7-5-6-8-11-12(10-15)19-14(2,3)18-11/h7,9,11-12H,4-6,8,10H2,1-3H3/b9-7+/t11-,12-/m0/s1. The van der Waals surface area contributed by atoms with E-state index in [1.807, 2.05) is 19.9 Å². The van der Waals surface area contributed by atoms with E-state index in [1.54, 1.807) is 6.92 Å². The number of esters is 1. The molecule has 0 aliphatic carbocycles. The van der Waals surface area contributed by atoms with Crippen LogP contribution in [0.1, 0.15) is 40.0 Å². The van der Waals surface area contributed by atoms with E-state index in [-0.39, 0.29) is 18.2 Å². The van der Waals surface area contributed by atoms with Crippen LogP contribution in [0, 0.1) is 0 Å². The summed E-state index contributed by atoms with van der Waals surface area (Å²) < 4.78 is 17.4. The maximum Gasteiger partial charge on any atom is 0.330 e. The second-order valence-corrected chi connectivity index (χ2v) is 5.83. The van der Waals surface area contributed by atoms with Gasteiger partial charge in [-0.2, -0.15) is 0 Å². The minimum atomic E-state index is -0.471. The minimum Gasteiger partial charge on any atom is -0.463 e. The Labute approximate surface area is 129 Å². The topological polar surface area (TPSA) is 44.8 Å². The van der Waals surface area contributed by atoms with Crippen LogP contribution in [0.25, 0.3) is 0 Å². The quantitative estimate of drug-likeness (QED) is 0.223. The molecule has 0 N–H and O–H groups in total.